The van der Waals surface area contributed by atoms with Crippen molar-refractivity contribution in [2.45, 2.75) is 24.4 Å². The normalized spacial score (nSPS) is 11.5. The molecule has 2 rings (SSSR count). The number of halogens is 3. The van der Waals surface area contributed by atoms with Gasteiger partial charge in [-0.15, -0.1) is 11.8 Å². The molecule has 1 aromatic carbocycles. The summed E-state index contributed by atoms with van der Waals surface area (Å²) in [7, 11) is 1.59. The minimum atomic E-state index is -4.66. The Morgan fingerprint density at radius 1 is 1.33 bits per heavy atom. The van der Waals surface area contributed by atoms with Crippen molar-refractivity contribution in [2.75, 3.05) is 19.3 Å². The SMILES string of the molecule is Cc1ccccc1SCC(=O)N(C)CCc1noc(C(F)(F)F)n1. The molecule has 5 nitrogen and oxygen atoms in total. The van der Waals surface area contributed by atoms with Crippen LogP contribution in [0.4, 0.5) is 13.2 Å². The molecule has 1 heterocycles. The molecule has 0 aliphatic carbocycles. The van der Waals surface area contributed by atoms with Gasteiger partial charge in [0.05, 0.1) is 5.75 Å². The van der Waals surface area contributed by atoms with Crippen molar-refractivity contribution in [3.63, 3.8) is 0 Å². The van der Waals surface area contributed by atoms with Crippen LogP contribution in [0.1, 0.15) is 17.3 Å². The monoisotopic (exact) mass is 359 g/mol. The summed E-state index contributed by atoms with van der Waals surface area (Å²) in [6.45, 7) is 2.18. The van der Waals surface area contributed by atoms with E-state index in [-0.39, 0.29) is 30.5 Å². The summed E-state index contributed by atoms with van der Waals surface area (Å²) >= 11 is 1.42. The number of aryl methyl sites for hydroxylation is 1. The van der Waals surface area contributed by atoms with Crippen LogP contribution in [0.2, 0.25) is 0 Å². The minimum absolute atomic E-state index is 0.0754. The van der Waals surface area contributed by atoms with E-state index in [1.807, 2.05) is 31.2 Å². The molecule has 1 amide bonds. The van der Waals surface area contributed by atoms with E-state index in [0.29, 0.717) is 0 Å². The standard InChI is InChI=1S/C15H16F3N3O2S/c1-10-5-3-4-6-11(10)24-9-13(22)21(2)8-7-12-19-14(23-20-12)15(16,17)18/h3-6H,7-9H2,1-2H3. The second kappa shape index (κ2) is 7.69. The average molecular weight is 359 g/mol. The first kappa shape index (κ1) is 18.3. The Morgan fingerprint density at radius 2 is 2.04 bits per heavy atom. The molecule has 2 aromatic rings. The van der Waals surface area contributed by atoms with E-state index in [1.165, 1.54) is 16.7 Å². The average Bonchev–Trinajstić information content (AvgIpc) is 3.00. The van der Waals surface area contributed by atoms with Gasteiger partial charge in [0, 0.05) is 24.9 Å². The number of hydrogen-bond donors (Lipinski definition) is 0. The zero-order valence-electron chi connectivity index (χ0n) is 13.1. The van der Waals surface area contributed by atoms with Gasteiger partial charge < -0.3 is 9.42 Å². The smallest absolute Gasteiger partial charge is 0.345 e. The van der Waals surface area contributed by atoms with Crippen molar-refractivity contribution in [3.05, 3.63) is 41.5 Å². The summed E-state index contributed by atoms with van der Waals surface area (Å²) in [6, 6.07) is 7.72. The van der Waals surface area contributed by atoms with Crippen molar-refractivity contribution >= 4 is 17.7 Å². The van der Waals surface area contributed by atoms with Crippen LogP contribution < -0.4 is 0 Å². The first-order valence-electron chi connectivity index (χ1n) is 7.09. The van der Waals surface area contributed by atoms with Gasteiger partial charge in [-0.1, -0.05) is 23.4 Å². The number of alkyl halides is 3. The van der Waals surface area contributed by atoms with Crippen molar-refractivity contribution < 1.29 is 22.5 Å². The Balaban J connectivity index is 1.81. The minimum Gasteiger partial charge on any atom is -0.345 e. The molecule has 0 fully saturated rings. The highest BCUT2D eigenvalue weighted by molar-refractivity contribution is 8.00. The second-order valence-corrected chi connectivity index (χ2v) is 6.15. The number of carbonyl (C=O) groups is 1. The molecular weight excluding hydrogens is 343 g/mol. The largest absolute Gasteiger partial charge is 0.471 e. The second-order valence-electron chi connectivity index (χ2n) is 5.13. The molecule has 24 heavy (non-hydrogen) atoms. The molecule has 0 saturated heterocycles. The molecule has 0 unspecified atom stereocenters. The summed E-state index contributed by atoms with van der Waals surface area (Å²) < 4.78 is 41.2. The zero-order valence-corrected chi connectivity index (χ0v) is 13.9. The Labute approximate surface area is 141 Å². The van der Waals surface area contributed by atoms with E-state index in [2.05, 4.69) is 14.7 Å². The van der Waals surface area contributed by atoms with E-state index in [9.17, 15) is 18.0 Å². The van der Waals surface area contributed by atoms with E-state index in [0.717, 1.165) is 10.5 Å². The Hall–Kier alpha value is -2.03. The van der Waals surface area contributed by atoms with Crippen LogP contribution in [0, 0.1) is 6.92 Å². The lowest BCUT2D eigenvalue weighted by Gasteiger charge is -2.16. The first-order valence-corrected chi connectivity index (χ1v) is 8.08. The van der Waals surface area contributed by atoms with Gasteiger partial charge in [-0.2, -0.15) is 18.2 Å². The summed E-state index contributed by atoms with van der Waals surface area (Å²) in [6.07, 6.45) is -4.56. The summed E-state index contributed by atoms with van der Waals surface area (Å²) in [5.74, 6) is -1.32. The number of benzene rings is 1. The third-order valence-electron chi connectivity index (χ3n) is 3.25. The van der Waals surface area contributed by atoms with Crippen molar-refractivity contribution in [1.82, 2.24) is 15.0 Å². The molecule has 130 valence electrons. The maximum Gasteiger partial charge on any atom is 0.471 e. The molecule has 0 aliphatic heterocycles. The zero-order chi connectivity index (χ0) is 17.7. The fourth-order valence-corrected chi connectivity index (χ4v) is 2.80. The first-order chi connectivity index (χ1) is 11.3. The third kappa shape index (κ3) is 4.98. The number of likely N-dealkylation sites (N-methyl/N-ethyl adjacent to an activating group) is 1. The third-order valence-corrected chi connectivity index (χ3v) is 4.41. The fourth-order valence-electron chi connectivity index (χ4n) is 1.83. The number of rotatable bonds is 6. The van der Waals surface area contributed by atoms with Crippen LogP contribution in [0.25, 0.3) is 0 Å². The van der Waals surface area contributed by atoms with Crippen LogP contribution in [0.5, 0.6) is 0 Å². The lowest BCUT2D eigenvalue weighted by molar-refractivity contribution is -0.159. The van der Waals surface area contributed by atoms with Crippen molar-refractivity contribution in [2.24, 2.45) is 0 Å². The molecule has 0 N–H and O–H groups in total. The highest BCUT2D eigenvalue weighted by Gasteiger charge is 2.38. The molecule has 0 saturated carbocycles. The van der Waals surface area contributed by atoms with Gasteiger partial charge in [-0.25, -0.2) is 0 Å². The van der Waals surface area contributed by atoms with Crippen LogP contribution in [-0.2, 0) is 17.4 Å². The molecule has 9 heteroatoms. The molecular formula is C15H16F3N3O2S. The van der Waals surface area contributed by atoms with E-state index in [4.69, 9.17) is 0 Å². The topological polar surface area (TPSA) is 59.2 Å². The van der Waals surface area contributed by atoms with Gasteiger partial charge in [0.15, 0.2) is 5.82 Å². The molecule has 1 aromatic heterocycles. The van der Waals surface area contributed by atoms with Gasteiger partial charge in [0.2, 0.25) is 5.91 Å². The quantitative estimate of drug-likeness (QED) is 0.742. The summed E-state index contributed by atoms with van der Waals surface area (Å²) in [5, 5.41) is 3.27. The molecule has 0 aliphatic rings. The van der Waals surface area contributed by atoms with E-state index >= 15 is 0 Å². The van der Waals surface area contributed by atoms with Crippen LogP contribution in [0.15, 0.2) is 33.7 Å². The maximum atomic E-state index is 12.4. The van der Waals surface area contributed by atoms with Gasteiger partial charge >= 0.3 is 12.1 Å². The number of nitrogens with zero attached hydrogens (tertiary/aromatic N) is 3. The predicted molar refractivity (Wildman–Crippen MR) is 82.5 cm³/mol. The molecule has 0 radical (unpaired) electrons. The van der Waals surface area contributed by atoms with E-state index in [1.54, 1.807) is 7.05 Å². The van der Waals surface area contributed by atoms with E-state index < -0.39 is 12.1 Å². The fraction of sp³-hybridized carbons (Fsp3) is 0.400. The number of hydrogen-bond acceptors (Lipinski definition) is 5. The number of amides is 1. The number of carbonyl (C=O) groups excluding carboxylic acids is 1. The maximum absolute atomic E-state index is 12.4. The van der Waals surface area contributed by atoms with Crippen molar-refractivity contribution in [1.29, 1.82) is 0 Å². The van der Waals surface area contributed by atoms with Gasteiger partial charge in [0.1, 0.15) is 0 Å². The molecule has 0 atom stereocenters. The van der Waals surface area contributed by atoms with Crippen LogP contribution >= 0.6 is 11.8 Å². The van der Waals surface area contributed by atoms with Gasteiger partial charge in [-0.05, 0) is 18.6 Å². The van der Waals surface area contributed by atoms with Crippen LogP contribution in [-0.4, -0.2) is 40.3 Å². The lowest BCUT2D eigenvalue weighted by atomic mass is 10.2. The summed E-state index contributed by atoms with van der Waals surface area (Å²) in [4.78, 5) is 17.8. The molecule has 0 spiro atoms. The highest BCUT2D eigenvalue weighted by Crippen LogP contribution is 2.27. The summed E-state index contributed by atoms with van der Waals surface area (Å²) in [5.41, 5.74) is 1.09. The molecule has 0 bridgehead atoms. The Morgan fingerprint density at radius 3 is 2.67 bits per heavy atom. The highest BCUT2D eigenvalue weighted by atomic mass is 32.2. The predicted octanol–water partition coefficient (Wildman–Crippen LogP) is 3.19. The van der Waals surface area contributed by atoms with Crippen molar-refractivity contribution in [3.8, 4) is 0 Å². The van der Waals surface area contributed by atoms with Gasteiger partial charge in [0.25, 0.3) is 0 Å². The lowest BCUT2D eigenvalue weighted by Crippen LogP contribution is -2.30. The number of thioether (sulfide) groups is 1. The van der Waals surface area contributed by atoms with Gasteiger partial charge in [-0.3, -0.25) is 4.79 Å². The Kier molecular flexibility index (Phi) is 5.87. The number of aromatic nitrogens is 2. The Bertz CT molecular complexity index is 703. The van der Waals surface area contributed by atoms with Crippen LogP contribution in [0.3, 0.4) is 0 Å².